The molecule has 0 saturated heterocycles. The number of rotatable bonds is 4. The summed E-state index contributed by atoms with van der Waals surface area (Å²) >= 11 is 5.43. The zero-order valence-corrected chi connectivity index (χ0v) is 14.2. The summed E-state index contributed by atoms with van der Waals surface area (Å²) in [5.74, 6) is 0. The van der Waals surface area contributed by atoms with Gasteiger partial charge in [-0.05, 0) is 37.5 Å². The summed E-state index contributed by atoms with van der Waals surface area (Å²) in [6, 6.07) is 14.4. The number of hydrogen-bond acceptors (Lipinski definition) is 2. The first kappa shape index (κ1) is 15.5. The molecule has 23 heavy (non-hydrogen) atoms. The van der Waals surface area contributed by atoms with E-state index in [-0.39, 0.29) is 0 Å². The molecular formula is C18H20N4S. The lowest BCUT2D eigenvalue weighted by Crippen LogP contribution is -2.28. The second-order valence-corrected chi connectivity index (χ2v) is 5.84. The monoisotopic (exact) mass is 324 g/mol. The maximum absolute atomic E-state index is 5.43. The molecular weight excluding hydrogens is 304 g/mol. The van der Waals surface area contributed by atoms with Gasteiger partial charge in [-0.3, -0.25) is 4.68 Å². The Morgan fingerprint density at radius 1 is 1.17 bits per heavy atom. The van der Waals surface area contributed by atoms with Gasteiger partial charge in [0.1, 0.15) is 0 Å². The summed E-state index contributed by atoms with van der Waals surface area (Å²) < 4.78 is 1.94. The Bertz CT molecular complexity index is 833. The van der Waals surface area contributed by atoms with E-state index in [2.05, 4.69) is 47.1 Å². The van der Waals surface area contributed by atoms with E-state index in [1.807, 2.05) is 35.9 Å². The minimum absolute atomic E-state index is 0.616. The fourth-order valence-electron chi connectivity index (χ4n) is 2.57. The van der Waals surface area contributed by atoms with E-state index in [9.17, 15) is 0 Å². The highest BCUT2D eigenvalue weighted by atomic mass is 32.1. The molecule has 1 heterocycles. The molecule has 0 unspecified atom stereocenters. The van der Waals surface area contributed by atoms with Crippen LogP contribution in [0.1, 0.15) is 18.2 Å². The Morgan fingerprint density at radius 2 is 1.96 bits per heavy atom. The topological polar surface area (TPSA) is 41.9 Å². The summed E-state index contributed by atoms with van der Waals surface area (Å²) in [4.78, 5) is 0. The summed E-state index contributed by atoms with van der Waals surface area (Å²) in [7, 11) is 0. The number of benzene rings is 2. The number of hydrogen-bond donors (Lipinski definition) is 2. The zero-order valence-electron chi connectivity index (χ0n) is 13.3. The average Bonchev–Trinajstić information content (AvgIpc) is 2.93. The van der Waals surface area contributed by atoms with Gasteiger partial charge >= 0.3 is 0 Å². The van der Waals surface area contributed by atoms with Gasteiger partial charge in [0.15, 0.2) is 5.11 Å². The van der Waals surface area contributed by atoms with Crippen LogP contribution >= 0.6 is 12.2 Å². The lowest BCUT2D eigenvalue weighted by molar-refractivity contribution is 0.653. The summed E-state index contributed by atoms with van der Waals surface area (Å²) in [5, 5.41) is 14.0. The van der Waals surface area contributed by atoms with Crippen LogP contribution in [-0.2, 0) is 13.1 Å². The fraction of sp³-hybridized carbons (Fsp3) is 0.222. The Labute approximate surface area is 141 Å². The molecule has 118 valence electrons. The van der Waals surface area contributed by atoms with Gasteiger partial charge in [-0.1, -0.05) is 36.4 Å². The van der Waals surface area contributed by atoms with Crippen molar-refractivity contribution in [3.63, 3.8) is 0 Å². The van der Waals surface area contributed by atoms with Gasteiger partial charge < -0.3 is 10.6 Å². The Kier molecular flexibility index (Phi) is 4.57. The number of thiocarbonyl (C=S) groups is 1. The van der Waals surface area contributed by atoms with E-state index in [0.29, 0.717) is 11.7 Å². The molecule has 2 aromatic carbocycles. The van der Waals surface area contributed by atoms with E-state index >= 15 is 0 Å². The van der Waals surface area contributed by atoms with Crippen molar-refractivity contribution in [3.8, 4) is 0 Å². The van der Waals surface area contributed by atoms with Crippen molar-refractivity contribution in [1.29, 1.82) is 0 Å². The molecule has 0 atom stereocenters. The molecule has 5 heteroatoms. The lowest BCUT2D eigenvalue weighted by Gasteiger charge is -2.12. The van der Waals surface area contributed by atoms with Crippen LogP contribution in [0.15, 0.2) is 48.7 Å². The molecule has 0 aliphatic heterocycles. The lowest BCUT2D eigenvalue weighted by atomic mass is 10.1. The van der Waals surface area contributed by atoms with Crippen LogP contribution < -0.4 is 10.6 Å². The van der Waals surface area contributed by atoms with Gasteiger partial charge in [0, 0.05) is 35.9 Å². The predicted octanol–water partition coefficient (Wildman–Crippen LogP) is 3.85. The molecule has 4 nitrogen and oxygen atoms in total. The van der Waals surface area contributed by atoms with E-state index in [1.54, 1.807) is 0 Å². The first-order chi connectivity index (χ1) is 11.2. The summed E-state index contributed by atoms with van der Waals surface area (Å²) in [5.41, 5.74) is 3.21. The third kappa shape index (κ3) is 3.51. The maximum Gasteiger partial charge on any atom is 0.171 e. The Morgan fingerprint density at radius 3 is 2.74 bits per heavy atom. The average molecular weight is 324 g/mol. The van der Waals surface area contributed by atoms with Crippen molar-refractivity contribution in [2.75, 3.05) is 5.32 Å². The maximum atomic E-state index is 5.43. The van der Waals surface area contributed by atoms with Crippen LogP contribution in [0.2, 0.25) is 0 Å². The molecule has 3 rings (SSSR count). The molecule has 0 radical (unpaired) electrons. The van der Waals surface area contributed by atoms with Crippen molar-refractivity contribution >= 4 is 33.8 Å². The zero-order chi connectivity index (χ0) is 16.2. The number of nitrogens with one attached hydrogen (secondary N) is 2. The van der Waals surface area contributed by atoms with Crippen LogP contribution in [0.4, 0.5) is 5.69 Å². The van der Waals surface area contributed by atoms with E-state index in [0.717, 1.165) is 28.9 Å². The van der Waals surface area contributed by atoms with Crippen LogP contribution in [0.5, 0.6) is 0 Å². The van der Waals surface area contributed by atoms with Gasteiger partial charge in [0.2, 0.25) is 0 Å². The van der Waals surface area contributed by atoms with Crippen LogP contribution in [0.25, 0.3) is 10.8 Å². The smallest absolute Gasteiger partial charge is 0.171 e. The van der Waals surface area contributed by atoms with Gasteiger partial charge in [0.25, 0.3) is 0 Å². The first-order valence-corrected chi connectivity index (χ1v) is 8.13. The van der Waals surface area contributed by atoms with Crippen LogP contribution in [-0.4, -0.2) is 14.9 Å². The van der Waals surface area contributed by atoms with E-state index in [4.69, 9.17) is 12.2 Å². The second kappa shape index (κ2) is 6.79. The van der Waals surface area contributed by atoms with E-state index < -0.39 is 0 Å². The minimum Gasteiger partial charge on any atom is -0.358 e. The SMILES string of the molecule is CCn1cc(CNC(=S)Nc2cccc3ccccc23)c(C)n1. The summed E-state index contributed by atoms with van der Waals surface area (Å²) in [6.07, 6.45) is 2.06. The molecule has 0 amide bonds. The number of anilines is 1. The number of nitrogens with zero attached hydrogens (tertiary/aromatic N) is 2. The largest absolute Gasteiger partial charge is 0.358 e. The van der Waals surface area contributed by atoms with Crippen molar-refractivity contribution < 1.29 is 0 Å². The molecule has 0 aliphatic rings. The molecule has 0 fully saturated rings. The number of fused-ring (bicyclic) bond motifs is 1. The third-order valence-corrected chi connectivity index (χ3v) is 4.10. The van der Waals surface area contributed by atoms with Crippen molar-refractivity contribution in [3.05, 3.63) is 59.9 Å². The molecule has 0 saturated carbocycles. The van der Waals surface area contributed by atoms with Gasteiger partial charge in [-0.25, -0.2) is 0 Å². The molecule has 0 spiro atoms. The fourth-order valence-corrected chi connectivity index (χ4v) is 2.75. The standard InChI is InChI=1S/C18H20N4S/c1-3-22-12-15(13(2)21-22)11-19-18(23)20-17-10-6-8-14-7-4-5-9-16(14)17/h4-10,12H,3,11H2,1-2H3,(H2,19,20,23). The number of aromatic nitrogens is 2. The van der Waals surface area contributed by atoms with Crippen LogP contribution in [0, 0.1) is 6.92 Å². The highest BCUT2D eigenvalue weighted by Gasteiger charge is 2.06. The van der Waals surface area contributed by atoms with Gasteiger partial charge in [-0.15, -0.1) is 0 Å². The highest BCUT2D eigenvalue weighted by molar-refractivity contribution is 7.80. The molecule has 3 aromatic rings. The molecule has 0 bridgehead atoms. The minimum atomic E-state index is 0.616. The van der Waals surface area contributed by atoms with Crippen molar-refractivity contribution in [2.24, 2.45) is 0 Å². The van der Waals surface area contributed by atoms with Crippen molar-refractivity contribution in [2.45, 2.75) is 26.9 Å². The van der Waals surface area contributed by atoms with Crippen LogP contribution in [0.3, 0.4) is 0 Å². The van der Waals surface area contributed by atoms with Gasteiger partial charge in [0.05, 0.1) is 5.69 Å². The number of aryl methyl sites for hydroxylation is 2. The quantitative estimate of drug-likeness (QED) is 0.715. The van der Waals surface area contributed by atoms with Crippen molar-refractivity contribution in [1.82, 2.24) is 15.1 Å². The molecule has 2 N–H and O–H groups in total. The Hall–Kier alpha value is -2.40. The first-order valence-electron chi connectivity index (χ1n) is 7.73. The molecule has 1 aromatic heterocycles. The predicted molar refractivity (Wildman–Crippen MR) is 99.6 cm³/mol. The third-order valence-electron chi connectivity index (χ3n) is 3.85. The highest BCUT2D eigenvalue weighted by Crippen LogP contribution is 2.22. The second-order valence-electron chi connectivity index (χ2n) is 5.43. The Balaban J connectivity index is 1.68. The van der Waals surface area contributed by atoms with Gasteiger partial charge in [-0.2, -0.15) is 5.10 Å². The summed E-state index contributed by atoms with van der Waals surface area (Å²) in [6.45, 7) is 5.64. The van der Waals surface area contributed by atoms with E-state index in [1.165, 1.54) is 5.39 Å². The normalized spacial score (nSPS) is 10.7. The molecule has 0 aliphatic carbocycles.